The maximum atomic E-state index is 13.4. The predicted octanol–water partition coefficient (Wildman–Crippen LogP) is 2.58. The van der Waals surface area contributed by atoms with Gasteiger partial charge in [0.25, 0.3) is 5.91 Å². The summed E-state index contributed by atoms with van der Waals surface area (Å²) in [5, 5.41) is 2.25. The predicted molar refractivity (Wildman–Crippen MR) is 87.1 cm³/mol. The van der Waals surface area contributed by atoms with Crippen LogP contribution in [0.1, 0.15) is 20.7 Å². The molecule has 1 N–H and O–H groups in total. The molecule has 0 unspecified atom stereocenters. The van der Waals surface area contributed by atoms with Gasteiger partial charge in [-0.1, -0.05) is 12.1 Å². The first-order valence-electron chi connectivity index (χ1n) is 7.63. The molecule has 0 radical (unpaired) electrons. The zero-order chi connectivity index (χ0) is 19.8. The molecule has 0 bridgehead atoms. The molecule has 1 amide bonds. The molecule has 0 aliphatic carbocycles. The van der Waals surface area contributed by atoms with Crippen LogP contribution in [-0.4, -0.2) is 37.4 Å². The normalized spacial score (nSPS) is 10.4. The lowest BCUT2D eigenvalue weighted by Gasteiger charge is -2.08. The fourth-order valence-electron chi connectivity index (χ4n) is 2.00. The van der Waals surface area contributed by atoms with Gasteiger partial charge in [0.2, 0.25) is 5.78 Å². The lowest BCUT2D eigenvalue weighted by molar-refractivity contribution is -0.141. The molecular formula is C18H14F3NO5. The first kappa shape index (κ1) is 20.0. The highest BCUT2D eigenvalue weighted by Gasteiger charge is 2.15. The molecule has 6 nitrogen and oxygen atoms in total. The van der Waals surface area contributed by atoms with Gasteiger partial charge in [0.1, 0.15) is 18.1 Å². The number of benzene rings is 2. The summed E-state index contributed by atoms with van der Waals surface area (Å²) < 4.78 is 46.4. The van der Waals surface area contributed by atoms with Crippen LogP contribution in [0, 0.1) is 5.82 Å². The quantitative estimate of drug-likeness (QED) is 0.562. The molecule has 0 spiro atoms. The highest BCUT2D eigenvalue weighted by atomic mass is 19.3. The Morgan fingerprint density at radius 2 is 1.67 bits per heavy atom. The zero-order valence-electron chi connectivity index (χ0n) is 13.8. The fourth-order valence-corrected chi connectivity index (χ4v) is 2.00. The highest BCUT2D eigenvalue weighted by Crippen LogP contribution is 2.14. The second-order valence-corrected chi connectivity index (χ2v) is 5.15. The van der Waals surface area contributed by atoms with Gasteiger partial charge in [-0.25, -0.2) is 4.39 Å². The van der Waals surface area contributed by atoms with E-state index in [9.17, 15) is 27.6 Å². The minimum atomic E-state index is -2.98. The van der Waals surface area contributed by atoms with Gasteiger partial charge < -0.3 is 14.8 Å². The summed E-state index contributed by atoms with van der Waals surface area (Å²) in [6, 6.07) is 10.1. The molecule has 2 rings (SSSR count). The number of carbonyl (C=O) groups excluding carboxylic acids is 3. The third-order valence-electron chi connectivity index (χ3n) is 3.27. The summed E-state index contributed by atoms with van der Waals surface area (Å²) in [5.74, 6) is -3.12. The average Bonchev–Trinajstić information content (AvgIpc) is 2.64. The number of hydrogen-bond donors (Lipinski definition) is 1. The van der Waals surface area contributed by atoms with Crippen molar-refractivity contribution in [3.05, 3.63) is 65.5 Å². The molecule has 0 aliphatic heterocycles. The van der Waals surface area contributed by atoms with Crippen molar-refractivity contribution in [2.75, 3.05) is 13.2 Å². The van der Waals surface area contributed by atoms with Crippen LogP contribution in [0.2, 0.25) is 0 Å². The van der Waals surface area contributed by atoms with Crippen molar-refractivity contribution < 1.29 is 37.0 Å². The van der Waals surface area contributed by atoms with E-state index in [0.29, 0.717) is 0 Å². The minimum absolute atomic E-state index is 0.104. The van der Waals surface area contributed by atoms with Gasteiger partial charge >= 0.3 is 12.6 Å². The van der Waals surface area contributed by atoms with Crippen LogP contribution in [0.5, 0.6) is 5.75 Å². The lowest BCUT2D eigenvalue weighted by atomic mass is 10.1. The average molecular weight is 381 g/mol. The monoisotopic (exact) mass is 381 g/mol. The van der Waals surface area contributed by atoms with Crippen LogP contribution in [0.3, 0.4) is 0 Å². The van der Waals surface area contributed by atoms with Crippen LogP contribution in [-0.2, 0) is 9.53 Å². The number of ketones is 1. The Hall–Kier alpha value is -3.36. The molecule has 0 saturated carbocycles. The van der Waals surface area contributed by atoms with Gasteiger partial charge in [-0.15, -0.1) is 0 Å². The fraction of sp³-hybridized carbons (Fsp3) is 0.167. The SMILES string of the molecule is O=C(CNC(=O)c1ccc(OC(F)F)cc1)OCC(=O)c1ccccc1F. The molecule has 9 heteroatoms. The summed E-state index contributed by atoms with van der Waals surface area (Å²) in [4.78, 5) is 35.2. The lowest BCUT2D eigenvalue weighted by Crippen LogP contribution is -2.31. The number of alkyl halides is 2. The second kappa shape index (κ2) is 9.37. The van der Waals surface area contributed by atoms with Crippen molar-refractivity contribution in [1.82, 2.24) is 5.32 Å². The number of carbonyl (C=O) groups is 3. The van der Waals surface area contributed by atoms with E-state index in [2.05, 4.69) is 14.8 Å². The largest absolute Gasteiger partial charge is 0.456 e. The van der Waals surface area contributed by atoms with E-state index in [-0.39, 0.29) is 16.9 Å². The van der Waals surface area contributed by atoms with Crippen molar-refractivity contribution in [3.8, 4) is 5.75 Å². The molecule has 0 atom stereocenters. The summed E-state index contributed by atoms with van der Waals surface area (Å²) in [5.41, 5.74) is -0.104. The number of esters is 1. The van der Waals surface area contributed by atoms with E-state index < -0.39 is 43.2 Å². The first-order valence-corrected chi connectivity index (χ1v) is 7.63. The third-order valence-corrected chi connectivity index (χ3v) is 3.27. The Kier molecular flexibility index (Phi) is 6.93. The van der Waals surface area contributed by atoms with Crippen molar-refractivity contribution in [2.45, 2.75) is 6.61 Å². The Balaban J connectivity index is 1.78. The number of hydrogen-bond acceptors (Lipinski definition) is 5. The van der Waals surface area contributed by atoms with E-state index in [4.69, 9.17) is 0 Å². The standard InChI is InChI=1S/C18H14F3NO5/c19-14-4-2-1-3-13(14)15(23)10-26-16(24)9-22-17(25)11-5-7-12(8-6-11)27-18(20)21/h1-8,18H,9-10H2,(H,22,25). The molecule has 2 aromatic carbocycles. The van der Waals surface area contributed by atoms with Gasteiger partial charge in [-0.05, 0) is 36.4 Å². The van der Waals surface area contributed by atoms with E-state index >= 15 is 0 Å². The Bertz CT molecular complexity index is 824. The van der Waals surface area contributed by atoms with Crippen molar-refractivity contribution in [3.63, 3.8) is 0 Å². The van der Waals surface area contributed by atoms with Crippen LogP contribution in [0.4, 0.5) is 13.2 Å². The topological polar surface area (TPSA) is 81.7 Å². The minimum Gasteiger partial charge on any atom is -0.456 e. The van der Waals surface area contributed by atoms with E-state index in [0.717, 1.165) is 6.07 Å². The molecular weight excluding hydrogens is 367 g/mol. The summed E-state index contributed by atoms with van der Waals surface area (Å²) in [6.07, 6.45) is 0. The maximum absolute atomic E-state index is 13.4. The van der Waals surface area contributed by atoms with Crippen molar-refractivity contribution >= 4 is 17.7 Å². The smallest absolute Gasteiger partial charge is 0.387 e. The molecule has 0 saturated heterocycles. The van der Waals surface area contributed by atoms with Crippen molar-refractivity contribution in [1.29, 1.82) is 0 Å². The second-order valence-electron chi connectivity index (χ2n) is 5.15. The zero-order valence-corrected chi connectivity index (χ0v) is 13.8. The Morgan fingerprint density at radius 3 is 2.30 bits per heavy atom. The van der Waals surface area contributed by atoms with Gasteiger partial charge in [0.15, 0.2) is 6.61 Å². The van der Waals surface area contributed by atoms with Gasteiger partial charge in [0.05, 0.1) is 5.56 Å². The number of amides is 1. The van der Waals surface area contributed by atoms with E-state index in [1.807, 2.05) is 0 Å². The Labute approximate surface area is 151 Å². The highest BCUT2D eigenvalue weighted by molar-refractivity contribution is 5.99. The summed E-state index contributed by atoms with van der Waals surface area (Å²) >= 11 is 0. The van der Waals surface area contributed by atoms with E-state index in [1.165, 1.54) is 42.5 Å². The third kappa shape index (κ3) is 6.14. The Morgan fingerprint density at radius 1 is 1.00 bits per heavy atom. The molecule has 2 aromatic rings. The molecule has 0 aromatic heterocycles. The summed E-state index contributed by atoms with van der Waals surface area (Å²) in [6.45, 7) is -4.18. The molecule has 142 valence electrons. The number of Topliss-reactive ketones (excluding diaryl/α,β-unsaturated/α-hetero) is 1. The number of rotatable bonds is 8. The number of ether oxygens (including phenoxy) is 2. The van der Waals surface area contributed by atoms with Gasteiger partial charge in [-0.3, -0.25) is 14.4 Å². The van der Waals surface area contributed by atoms with E-state index in [1.54, 1.807) is 0 Å². The first-order chi connectivity index (χ1) is 12.9. The van der Waals surface area contributed by atoms with Crippen LogP contribution in [0.25, 0.3) is 0 Å². The summed E-state index contributed by atoms with van der Waals surface area (Å²) in [7, 11) is 0. The molecule has 0 fully saturated rings. The number of halogens is 3. The molecule has 27 heavy (non-hydrogen) atoms. The van der Waals surface area contributed by atoms with Crippen LogP contribution in [0.15, 0.2) is 48.5 Å². The number of nitrogens with one attached hydrogen (secondary N) is 1. The maximum Gasteiger partial charge on any atom is 0.387 e. The van der Waals surface area contributed by atoms with Gasteiger partial charge in [0, 0.05) is 5.56 Å². The van der Waals surface area contributed by atoms with Crippen LogP contribution < -0.4 is 10.1 Å². The molecule has 0 aliphatic rings. The van der Waals surface area contributed by atoms with Crippen molar-refractivity contribution in [2.24, 2.45) is 0 Å². The van der Waals surface area contributed by atoms with Gasteiger partial charge in [-0.2, -0.15) is 8.78 Å². The molecule has 0 heterocycles. The van der Waals surface area contributed by atoms with Crippen LogP contribution >= 0.6 is 0 Å².